The Bertz CT molecular complexity index is 482. The van der Waals surface area contributed by atoms with Gasteiger partial charge in [0.2, 0.25) is 0 Å². The summed E-state index contributed by atoms with van der Waals surface area (Å²) in [5.41, 5.74) is 1.42. The molecule has 4 heteroatoms. The van der Waals surface area contributed by atoms with Crippen LogP contribution >= 0.6 is 0 Å². The fourth-order valence-corrected chi connectivity index (χ4v) is 2.72. The fraction of sp³-hybridized carbons (Fsp3) is 0.500. The molecule has 1 heterocycles. The number of anilines is 1. The third-order valence-electron chi connectivity index (χ3n) is 4.04. The minimum Gasteiger partial charge on any atom is -0.325 e. The molecule has 0 bridgehead atoms. The number of carbonyl (C=O) groups excluding carboxylic acids is 2. The standard InChI is InChI=1S/C16H22N2O2/c1-12-5-3-4-10-18(12)11-16(20)17-15-8-6-14(7-9-15)13(2)19/h6-9,12H,3-5,10-11H2,1-2H3,(H,17,20)/p+1/t12-/m1/s1. The van der Waals surface area contributed by atoms with E-state index in [2.05, 4.69) is 12.2 Å². The number of rotatable bonds is 4. The molecule has 20 heavy (non-hydrogen) atoms. The number of hydrogen-bond acceptors (Lipinski definition) is 2. The van der Waals surface area contributed by atoms with Crippen molar-refractivity contribution >= 4 is 17.4 Å². The molecule has 2 atom stereocenters. The maximum Gasteiger partial charge on any atom is 0.279 e. The van der Waals surface area contributed by atoms with Gasteiger partial charge in [-0.3, -0.25) is 9.59 Å². The van der Waals surface area contributed by atoms with Gasteiger partial charge in [-0.15, -0.1) is 0 Å². The van der Waals surface area contributed by atoms with E-state index in [9.17, 15) is 9.59 Å². The van der Waals surface area contributed by atoms with Crippen molar-refractivity contribution in [3.05, 3.63) is 29.8 Å². The minimum atomic E-state index is 0.0365. The van der Waals surface area contributed by atoms with E-state index in [1.54, 1.807) is 24.3 Å². The van der Waals surface area contributed by atoms with E-state index in [1.165, 1.54) is 31.1 Å². The molecule has 2 rings (SSSR count). The summed E-state index contributed by atoms with van der Waals surface area (Å²) in [7, 11) is 0. The molecule has 1 aromatic rings. The van der Waals surface area contributed by atoms with Crippen LogP contribution in [0.25, 0.3) is 0 Å². The molecule has 0 aromatic heterocycles. The van der Waals surface area contributed by atoms with Crippen LogP contribution in [0.4, 0.5) is 5.69 Å². The Hall–Kier alpha value is -1.68. The molecule has 108 valence electrons. The van der Waals surface area contributed by atoms with Crippen LogP contribution in [0, 0.1) is 0 Å². The first kappa shape index (κ1) is 14.7. The van der Waals surface area contributed by atoms with Crippen LogP contribution in [-0.4, -0.2) is 30.8 Å². The number of ketones is 1. The molecule has 1 saturated heterocycles. The molecule has 0 aliphatic carbocycles. The van der Waals surface area contributed by atoms with E-state index in [4.69, 9.17) is 0 Å². The summed E-state index contributed by atoms with van der Waals surface area (Å²) in [6.07, 6.45) is 3.69. The zero-order valence-corrected chi connectivity index (χ0v) is 12.2. The van der Waals surface area contributed by atoms with Crippen LogP contribution in [0.5, 0.6) is 0 Å². The summed E-state index contributed by atoms with van der Waals surface area (Å²) in [5.74, 6) is 0.0822. The molecular formula is C16H23N2O2+. The van der Waals surface area contributed by atoms with Crippen molar-refractivity contribution in [3.63, 3.8) is 0 Å². The number of amides is 1. The Morgan fingerprint density at radius 1 is 1.25 bits per heavy atom. The number of Topliss-reactive ketones (excluding diaryl/α,β-unsaturated/α-hetero) is 1. The van der Waals surface area contributed by atoms with Crippen LogP contribution in [0.3, 0.4) is 0 Å². The van der Waals surface area contributed by atoms with Gasteiger partial charge in [-0.1, -0.05) is 0 Å². The van der Waals surface area contributed by atoms with Crippen LogP contribution in [0.2, 0.25) is 0 Å². The average molecular weight is 275 g/mol. The second-order valence-corrected chi connectivity index (χ2v) is 5.66. The zero-order chi connectivity index (χ0) is 14.5. The monoisotopic (exact) mass is 275 g/mol. The topological polar surface area (TPSA) is 50.6 Å². The van der Waals surface area contributed by atoms with Crippen molar-refractivity contribution in [2.24, 2.45) is 0 Å². The minimum absolute atomic E-state index is 0.0365. The molecule has 1 fully saturated rings. The Kier molecular flexibility index (Phi) is 4.90. The van der Waals surface area contributed by atoms with E-state index >= 15 is 0 Å². The van der Waals surface area contributed by atoms with Crippen molar-refractivity contribution in [1.82, 2.24) is 0 Å². The van der Waals surface area contributed by atoms with Crippen molar-refractivity contribution < 1.29 is 14.5 Å². The van der Waals surface area contributed by atoms with Crippen LogP contribution < -0.4 is 10.2 Å². The Balaban J connectivity index is 1.89. The number of nitrogens with one attached hydrogen (secondary N) is 2. The van der Waals surface area contributed by atoms with Gasteiger partial charge < -0.3 is 10.2 Å². The highest BCUT2D eigenvalue weighted by molar-refractivity contribution is 5.95. The second-order valence-electron chi connectivity index (χ2n) is 5.66. The molecule has 4 nitrogen and oxygen atoms in total. The first-order valence-corrected chi connectivity index (χ1v) is 7.31. The van der Waals surface area contributed by atoms with E-state index in [0.29, 0.717) is 18.2 Å². The lowest BCUT2D eigenvalue weighted by Gasteiger charge is -2.29. The lowest BCUT2D eigenvalue weighted by atomic mass is 10.0. The predicted molar refractivity (Wildman–Crippen MR) is 79.1 cm³/mol. The molecule has 1 aromatic carbocycles. The third kappa shape index (κ3) is 3.90. The highest BCUT2D eigenvalue weighted by Crippen LogP contribution is 2.09. The maximum absolute atomic E-state index is 12.0. The highest BCUT2D eigenvalue weighted by Gasteiger charge is 2.24. The van der Waals surface area contributed by atoms with Crippen molar-refractivity contribution in [2.45, 2.75) is 39.2 Å². The van der Waals surface area contributed by atoms with Gasteiger partial charge in [-0.05, 0) is 57.4 Å². The summed E-state index contributed by atoms with van der Waals surface area (Å²) in [5, 5.41) is 2.90. The first-order chi connectivity index (χ1) is 9.56. The molecular weight excluding hydrogens is 252 g/mol. The molecule has 1 aliphatic heterocycles. The second kappa shape index (κ2) is 6.66. The number of hydrogen-bond donors (Lipinski definition) is 2. The lowest BCUT2D eigenvalue weighted by molar-refractivity contribution is -0.920. The molecule has 1 aliphatic rings. The zero-order valence-electron chi connectivity index (χ0n) is 12.2. The van der Waals surface area contributed by atoms with Gasteiger partial charge in [0.1, 0.15) is 0 Å². The molecule has 0 spiro atoms. The quantitative estimate of drug-likeness (QED) is 0.813. The Morgan fingerprint density at radius 2 is 1.95 bits per heavy atom. The van der Waals surface area contributed by atoms with Gasteiger partial charge in [-0.25, -0.2) is 0 Å². The van der Waals surface area contributed by atoms with Gasteiger partial charge in [0.05, 0.1) is 12.6 Å². The van der Waals surface area contributed by atoms with E-state index in [0.717, 1.165) is 12.2 Å². The summed E-state index contributed by atoms with van der Waals surface area (Å²) in [6, 6.07) is 7.62. The third-order valence-corrected chi connectivity index (χ3v) is 4.04. The number of benzene rings is 1. The SMILES string of the molecule is CC(=O)c1ccc(NC(=O)C[NH+]2CCCC[C@H]2C)cc1. The molecule has 1 amide bonds. The van der Waals surface area contributed by atoms with Gasteiger partial charge in [0, 0.05) is 11.3 Å². The Morgan fingerprint density at radius 3 is 2.55 bits per heavy atom. The number of quaternary nitrogens is 1. The number of carbonyl (C=O) groups is 2. The van der Waals surface area contributed by atoms with E-state index in [-0.39, 0.29) is 11.7 Å². The fourth-order valence-electron chi connectivity index (χ4n) is 2.72. The largest absolute Gasteiger partial charge is 0.325 e. The normalized spacial score (nSPS) is 22.3. The van der Waals surface area contributed by atoms with Crippen molar-refractivity contribution in [2.75, 3.05) is 18.4 Å². The highest BCUT2D eigenvalue weighted by atomic mass is 16.2. The number of piperidine rings is 1. The first-order valence-electron chi connectivity index (χ1n) is 7.31. The maximum atomic E-state index is 12.0. The van der Waals surface area contributed by atoms with E-state index in [1.807, 2.05) is 0 Å². The van der Waals surface area contributed by atoms with Crippen molar-refractivity contribution in [1.29, 1.82) is 0 Å². The van der Waals surface area contributed by atoms with Gasteiger partial charge in [-0.2, -0.15) is 0 Å². The summed E-state index contributed by atoms with van der Waals surface area (Å²) in [4.78, 5) is 24.6. The molecule has 2 N–H and O–H groups in total. The molecule has 1 unspecified atom stereocenters. The average Bonchev–Trinajstić information content (AvgIpc) is 2.42. The molecule has 0 saturated carbocycles. The van der Waals surface area contributed by atoms with Gasteiger partial charge in [0.25, 0.3) is 5.91 Å². The van der Waals surface area contributed by atoms with Gasteiger partial charge >= 0.3 is 0 Å². The van der Waals surface area contributed by atoms with Gasteiger partial charge in [0.15, 0.2) is 12.3 Å². The van der Waals surface area contributed by atoms with Crippen LogP contribution in [-0.2, 0) is 4.79 Å². The summed E-state index contributed by atoms with van der Waals surface area (Å²) < 4.78 is 0. The van der Waals surface area contributed by atoms with Crippen molar-refractivity contribution in [3.8, 4) is 0 Å². The number of likely N-dealkylation sites (tertiary alicyclic amines) is 1. The van der Waals surface area contributed by atoms with E-state index < -0.39 is 0 Å². The van der Waals surface area contributed by atoms with Crippen LogP contribution in [0.15, 0.2) is 24.3 Å². The summed E-state index contributed by atoms with van der Waals surface area (Å²) in [6.45, 7) is 5.35. The summed E-state index contributed by atoms with van der Waals surface area (Å²) >= 11 is 0. The predicted octanol–water partition coefficient (Wildman–Crippen LogP) is 1.28. The smallest absolute Gasteiger partial charge is 0.279 e. The van der Waals surface area contributed by atoms with Crippen LogP contribution in [0.1, 0.15) is 43.5 Å². The Labute approximate surface area is 120 Å². The molecule has 0 radical (unpaired) electrons. The lowest BCUT2D eigenvalue weighted by Crippen LogP contribution is -3.17.